The fourth-order valence-electron chi connectivity index (χ4n) is 3.33. The Bertz CT molecular complexity index is 495. The van der Waals surface area contributed by atoms with Gasteiger partial charge in [-0.05, 0) is 19.4 Å². The number of ether oxygens (including phenoxy) is 1. The zero-order chi connectivity index (χ0) is 15.9. The number of hydrogen-bond acceptors (Lipinski definition) is 3. The van der Waals surface area contributed by atoms with Crippen LogP contribution in [0, 0.1) is 11.3 Å². The average molecular weight is 279 g/mol. The van der Waals surface area contributed by atoms with Crippen LogP contribution in [-0.2, 0) is 4.74 Å². The molecule has 1 fully saturated rings. The summed E-state index contributed by atoms with van der Waals surface area (Å²) in [6.07, 6.45) is 1.65. The Kier molecular flexibility index (Phi) is 4.14. The Morgan fingerprint density at radius 2 is 1.90 bits per heavy atom. The maximum Gasteiger partial charge on any atom is 0.294 e. The molecule has 0 aromatic rings. The standard InChI is InChI=1S/C16H27N2O2/c1-10-12(4)14(5)15(6,16(14,19)20-9)18(8)13(17-7)11(2)3/h10-11,19H,1,4,8H2,2-3,5-7,9H3/q+1. The maximum absolute atomic E-state index is 10.9. The molecule has 3 atom stereocenters. The van der Waals surface area contributed by atoms with Crippen molar-refractivity contribution in [3.63, 3.8) is 0 Å². The SMILES string of the molecule is C=CC(=C)C1(C)C(O)(OC)C1(C)[N+](=C)C(=NC)C(C)C. The van der Waals surface area contributed by atoms with Crippen molar-refractivity contribution in [1.29, 1.82) is 0 Å². The van der Waals surface area contributed by atoms with Crippen molar-refractivity contribution in [1.82, 2.24) is 0 Å². The summed E-state index contributed by atoms with van der Waals surface area (Å²) >= 11 is 0. The van der Waals surface area contributed by atoms with E-state index in [1.165, 1.54) is 7.11 Å². The van der Waals surface area contributed by atoms with Crippen molar-refractivity contribution in [2.24, 2.45) is 16.3 Å². The molecule has 112 valence electrons. The van der Waals surface area contributed by atoms with Gasteiger partial charge in [0.05, 0.1) is 18.1 Å². The van der Waals surface area contributed by atoms with Crippen molar-refractivity contribution in [3.8, 4) is 0 Å². The molecule has 4 nitrogen and oxygen atoms in total. The fourth-order valence-corrected chi connectivity index (χ4v) is 3.33. The third kappa shape index (κ3) is 1.61. The number of amidine groups is 1. The number of methoxy groups -OCH3 is 1. The van der Waals surface area contributed by atoms with Gasteiger partial charge in [0.15, 0.2) is 5.54 Å². The molecule has 1 rings (SSSR count). The Labute approximate surface area is 122 Å². The van der Waals surface area contributed by atoms with Crippen LogP contribution in [0.4, 0.5) is 0 Å². The first-order chi connectivity index (χ1) is 9.09. The molecular weight excluding hydrogens is 252 g/mol. The Hall–Kier alpha value is -1.26. The van der Waals surface area contributed by atoms with Crippen LogP contribution in [0.25, 0.3) is 0 Å². The third-order valence-electron chi connectivity index (χ3n) is 4.99. The minimum Gasteiger partial charge on any atom is -0.361 e. The zero-order valence-corrected chi connectivity index (χ0v) is 13.5. The van der Waals surface area contributed by atoms with Crippen molar-refractivity contribution < 1.29 is 14.4 Å². The van der Waals surface area contributed by atoms with E-state index in [0.717, 1.165) is 11.4 Å². The molecule has 1 aliphatic carbocycles. The highest BCUT2D eigenvalue weighted by Gasteiger charge is 2.90. The highest BCUT2D eigenvalue weighted by molar-refractivity contribution is 5.78. The second-order valence-electron chi connectivity index (χ2n) is 5.94. The van der Waals surface area contributed by atoms with Crippen molar-refractivity contribution in [2.75, 3.05) is 14.2 Å². The molecule has 4 heteroatoms. The maximum atomic E-state index is 10.9. The number of hydrogen-bond donors (Lipinski definition) is 1. The second kappa shape index (κ2) is 4.93. The second-order valence-corrected chi connectivity index (χ2v) is 5.94. The molecule has 0 spiro atoms. The van der Waals surface area contributed by atoms with Crippen LogP contribution in [0.1, 0.15) is 27.7 Å². The fraction of sp³-hybridized carbons (Fsp3) is 0.625. The van der Waals surface area contributed by atoms with Crippen LogP contribution < -0.4 is 0 Å². The van der Waals surface area contributed by atoms with E-state index in [2.05, 4.69) is 24.9 Å². The van der Waals surface area contributed by atoms with Gasteiger partial charge in [-0.25, -0.2) is 4.58 Å². The molecule has 0 heterocycles. The van der Waals surface area contributed by atoms with Crippen molar-refractivity contribution in [2.45, 2.75) is 39.0 Å². The first kappa shape index (κ1) is 16.8. The minimum absolute atomic E-state index is 0.192. The van der Waals surface area contributed by atoms with Crippen LogP contribution in [0.15, 0.2) is 29.8 Å². The van der Waals surface area contributed by atoms with Crippen molar-refractivity contribution >= 4 is 12.6 Å². The molecular formula is C16H27N2O2+. The van der Waals surface area contributed by atoms with E-state index in [4.69, 9.17) is 4.74 Å². The Morgan fingerprint density at radius 1 is 1.40 bits per heavy atom. The van der Waals surface area contributed by atoms with Gasteiger partial charge in [0, 0.05) is 7.11 Å². The van der Waals surface area contributed by atoms with Crippen LogP contribution in [0.3, 0.4) is 0 Å². The predicted octanol–water partition coefficient (Wildman–Crippen LogP) is 2.24. The van der Waals surface area contributed by atoms with E-state index in [1.807, 2.05) is 27.7 Å². The topological polar surface area (TPSA) is 44.8 Å². The van der Waals surface area contributed by atoms with E-state index < -0.39 is 16.7 Å². The summed E-state index contributed by atoms with van der Waals surface area (Å²) in [7, 11) is 3.22. The summed E-state index contributed by atoms with van der Waals surface area (Å²) < 4.78 is 7.17. The highest BCUT2D eigenvalue weighted by Crippen LogP contribution is 2.70. The van der Waals surface area contributed by atoms with Gasteiger partial charge in [-0.3, -0.25) is 0 Å². The predicted molar refractivity (Wildman–Crippen MR) is 83.4 cm³/mol. The van der Waals surface area contributed by atoms with Crippen LogP contribution in [0.5, 0.6) is 0 Å². The van der Waals surface area contributed by atoms with Crippen LogP contribution in [-0.4, -0.2) is 47.7 Å². The van der Waals surface area contributed by atoms with Crippen LogP contribution >= 0.6 is 0 Å². The zero-order valence-electron chi connectivity index (χ0n) is 13.5. The molecule has 0 bridgehead atoms. The smallest absolute Gasteiger partial charge is 0.294 e. The first-order valence-corrected chi connectivity index (χ1v) is 6.76. The molecule has 0 aromatic heterocycles. The molecule has 0 saturated heterocycles. The minimum atomic E-state index is -1.38. The van der Waals surface area contributed by atoms with E-state index in [9.17, 15) is 5.11 Å². The molecule has 0 amide bonds. The molecule has 20 heavy (non-hydrogen) atoms. The summed E-state index contributed by atoms with van der Waals surface area (Å²) in [5.41, 5.74) is -0.723. The Morgan fingerprint density at radius 3 is 2.20 bits per heavy atom. The van der Waals surface area contributed by atoms with E-state index in [0.29, 0.717) is 0 Å². The quantitative estimate of drug-likeness (QED) is 0.276. The lowest BCUT2D eigenvalue weighted by Crippen LogP contribution is -2.41. The third-order valence-corrected chi connectivity index (χ3v) is 4.99. The van der Waals surface area contributed by atoms with E-state index in [1.54, 1.807) is 17.7 Å². The summed E-state index contributed by atoms with van der Waals surface area (Å²) in [5.74, 6) is -0.376. The summed E-state index contributed by atoms with van der Waals surface area (Å²) in [6.45, 7) is 19.8. The number of aliphatic hydroxyl groups is 1. The van der Waals surface area contributed by atoms with E-state index in [-0.39, 0.29) is 5.92 Å². The van der Waals surface area contributed by atoms with Gasteiger partial charge in [-0.2, -0.15) is 0 Å². The molecule has 0 radical (unpaired) electrons. The largest absolute Gasteiger partial charge is 0.361 e. The lowest BCUT2D eigenvalue weighted by Gasteiger charge is -2.19. The van der Waals surface area contributed by atoms with Gasteiger partial charge >= 0.3 is 0 Å². The van der Waals surface area contributed by atoms with Gasteiger partial charge in [-0.1, -0.05) is 38.1 Å². The summed E-state index contributed by atoms with van der Waals surface area (Å²) in [6, 6.07) is 0. The molecule has 3 unspecified atom stereocenters. The van der Waals surface area contributed by atoms with Gasteiger partial charge in [-0.15, -0.1) is 0 Å². The average Bonchev–Trinajstić information content (AvgIpc) is 2.82. The lowest BCUT2D eigenvalue weighted by molar-refractivity contribution is -0.491. The number of allylic oxidation sites excluding steroid dienone is 1. The molecule has 1 saturated carbocycles. The molecule has 0 aliphatic heterocycles. The lowest BCUT2D eigenvalue weighted by atomic mass is 9.93. The monoisotopic (exact) mass is 279 g/mol. The molecule has 0 aromatic carbocycles. The number of nitrogens with zero attached hydrogens (tertiary/aromatic N) is 2. The van der Waals surface area contributed by atoms with E-state index >= 15 is 0 Å². The summed E-state index contributed by atoms with van der Waals surface area (Å²) in [4.78, 5) is 4.30. The van der Waals surface area contributed by atoms with Crippen molar-refractivity contribution in [3.05, 3.63) is 24.8 Å². The summed E-state index contributed by atoms with van der Waals surface area (Å²) in [5, 5.41) is 10.9. The Balaban J connectivity index is 3.39. The highest BCUT2D eigenvalue weighted by atomic mass is 16.6. The number of rotatable bonds is 5. The van der Waals surface area contributed by atoms with Gasteiger partial charge in [0.1, 0.15) is 7.05 Å². The van der Waals surface area contributed by atoms with Gasteiger partial charge < -0.3 is 9.84 Å². The van der Waals surface area contributed by atoms with Gasteiger partial charge in [0.2, 0.25) is 5.79 Å². The van der Waals surface area contributed by atoms with Crippen LogP contribution in [0.2, 0.25) is 0 Å². The van der Waals surface area contributed by atoms with Gasteiger partial charge in [0.25, 0.3) is 5.84 Å². The molecule has 1 N–H and O–H groups in total. The molecule has 1 aliphatic rings. The number of aliphatic imine (C=N–C) groups is 1. The first-order valence-electron chi connectivity index (χ1n) is 6.76. The normalized spacial score (nSPS) is 36.9.